The van der Waals surface area contributed by atoms with Crippen LogP contribution in [0.15, 0.2) is 103 Å². The zero-order valence-corrected chi connectivity index (χ0v) is 21.4. The van der Waals surface area contributed by atoms with Crippen molar-refractivity contribution in [2.24, 2.45) is 0 Å². The summed E-state index contributed by atoms with van der Waals surface area (Å²) in [6.45, 7) is 0. The van der Waals surface area contributed by atoms with E-state index in [0.29, 0.717) is 5.75 Å². The Labute approximate surface area is 223 Å². The minimum Gasteiger partial charge on any atom is -0.508 e. The number of thiophene rings is 1. The van der Waals surface area contributed by atoms with Gasteiger partial charge in [0.25, 0.3) is 0 Å². The maximum atomic E-state index is 13.4. The van der Waals surface area contributed by atoms with E-state index in [1.54, 1.807) is 34.6 Å². The first-order valence-electron chi connectivity index (χ1n) is 12.0. The average molecular weight is 525 g/mol. The Kier molecular flexibility index (Phi) is 6.42. The maximum Gasteiger partial charge on any atom is 0.243 e. The molecule has 37 heavy (non-hydrogen) atoms. The quantitative estimate of drug-likeness (QED) is 0.235. The Morgan fingerprint density at radius 1 is 0.973 bits per heavy atom. The van der Waals surface area contributed by atoms with Crippen molar-refractivity contribution in [1.82, 2.24) is 4.98 Å². The number of hydrogen-bond acceptors (Lipinski definition) is 6. The number of amides is 1. The highest BCUT2D eigenvalue weighted by atomic mass is 32.2. The van der Waals surface area contributed by atoms with Crippen molar-refractivity contribution in [2.45, 2.75) is 17.4 Å². The molecule has 0 bridgehead atoms. The molecule has 3 heterocycles. The fraction of sp³-hybridized carbons (Fsp3) is 0.133. The van der Waals surface area contributed by atoms with Gasteiger partial charge in [-0.2, -0.15) is 0 Å². The molecule has 3 atom stereocenters. The molecule has 0 saturated carbocycles. The van der Waals surface area contributed by atoms with Gasteiger partial charge < -0.3 is 15.1 Å². The second-order valence-electron chi connectivity index (χ2n) is 9.02. The Morgan fingerprint density at radius 2 is 1.78 bits per heavy atom. The molecular weight excluding hydrogens is 500 g/mol. The lowest BCUT2D eigenvalue weighted by atomic mass is 9.92. The molecule has 5 nitrogen and oxygen atoms in total. The van der Waals surface area contributed by atoms with Crippen LogP contribution in [0.5, 0.6) is 5.75 Å². The highest BCUT2D eigenvalue weighted by molar-refractivity contribution is 8.00. The molecule has 7 heteroatoms. The predicted octanol–water partition coefficient (Wildman–Crippen LogP) is 6.59. The van der Waals surface area contributed by atoms with Crippen LogP contribution in [0.2, 0.25) is 0 Å². The molecule has 1 saturated heterocycles. The van der Waals surface area contributed by atoms with E-state index in [-0.39, 0.29) is 22.9 Å². The lowest BCUT2D eigenvalue weighted by Crippen LogP contribution is -2.57. The van der Waals surface area contributed by atoms with E-state index in [1.165, 1.54) is 16.5 Å². The van der Waals surface area contributed by atoms with Crippen molar-refractivity contribution < 1.29 is 15.0 Å². The summed E-state index contributed by atoms with van der Waals surface area (Å²) in [5, 5.41) is 23.5. The average Bonchev–Trinajstić information content (AvgIpc) is 3.41. The molecule has 0 spiro atoms. The number of phenolic OH excluding ortho intramolecular Hbond substituents is 1. The van der Waals surface area contributed by atoms with Gasteiger partial charge in [-0.05, 0) is 81.6 Å². The van der Waals surface area contributed by atoms with Crippen molar-refractivity contribution >= 4 is 44.8 Å². The molecule has 0 radical (unpaired) electrons. The predicted molar refractivity (Wildman–Crippen MR) is 151 cm³/mol. The van der Waals surface area contributed by atoms with E-state index in [2.05, 4.69) is 11.1 Å². The van der Waals surface area contributed by atoms with Crippen molar-refractivity contribution in [3.8, 4) is 16.9 Å². The van der Waals surface area contributed by atoms with Crippen LogP contribution in [0, 0.1) is 0 Å². The number of phenols is 1. The number of carbonyl (C=O) groups is 1. The summed E-state index contributed by atoms with van der Waals surface area (Å²) in [4.78, 5) is 19.4. The lowest BCUT2D eigenvalue weighted by Gasteiger charge is -2.47. The molecule has 5 aromatic rings. The number of aromatic hydroxyl groups is 1. The zero-order valence-electron chi connectivity index (χ0n) is 19.8. The fourth-order valence-corrected chi connectivity index (χ4v) is 6.81. The second-order valence-corrected chi connectivity index (χ2v) is 11.1. The topological polar surface area (TPSA) is 73.7 Å². The van der Waals surface area contributed by atoms with Crippen LogP contribution in [-0.4, -0.2) is 32.1 Å². The van der Waals surface area contributed by atoms with Gasteiger partial charge in [-0.15, -0.1) is 23.1 Å². The van der Waals surface area contributed by atoms with Crippen molar-refractivity contribution in [2.75, 3.05) is 10.7 Å². The standard InChI is InChI=1S/C30H24N2O3S2/c33-25-10-5-20(6-11-25)28-29(37-18-26(34)21-7-12-27-22(16-21)13-15-36-27)30(35)32(28)24-8-3-19(4-9-24)23-2-1-14-31-17-23/h1-17,26,28-29,33-34H,18H2/t26?,28-,29-/m1/s1. The molecule has 0 aliphatic carbocycles. The molecule has 184 valence electrons. The van der Waals surface area contributed by atoms with Gasteiger partial charge in [-0.3, -0.25) is 9.78 Å². The van der Waals surface area contributed by atoms with Crippen molar-refractivity contribution in [1.29, 1.82) is 0 Å². The fourth-order valence-electron chi connectivity index (χ4n) is 4.74. The number of pyridine rings is 1. The molecule has 1 fully saturated rings. The molecule has 3 aromatic carbocycles. The van der Waals surface area contributed by atoms with Gasteiger partial charge in [-0.1, -0.05) is 36.4 Å². The van der Waals surface area contributed by atoms with Gasteiger partial charge in [0.15, 0.2) is 0 Å². The van der Waals surface area contributed by atoms with Crippen molar-refractivity contribution in [3.05, 3.63) is 114 Å². The third kappa shape index (κ3) is 4.62. The molecule has 1 amide bonds. The monoisotopic (exact) mass is 524 g/mol. The number of fused-ring (bicyclic) bond motifs is 1. The maximum absolute atomic E-state index is 13.4. The van der Waals surface area contributed by atoms with Gasteiger partial charge in [0.1, 0.15) is 11.0 Å². The van der Waals surface area contributed by atoms with E-state index >= 15 is 0 Å². The van der Waals surface area contributed by atoms with Crippen LogP contribution < -0.4 is 4.90 Å². The van der Waals surface area contributed by atoms with Crippen LogP contribution >= 0.6 is 23.1 Å². The lowest BCUT2D eigenvalue weighted by molar-refractivity contribution is -0.123. The van der Waals surface area contributed by atoms with E-state index < -0.39 is 6.10 Å². The van der Waals surface area contributed by atoms with Gasteiger partial charge >= 0.3 is 0 Å². The minimum atomic E-state index is -0.671. The van der Waals surface area contributed by atoms with Crippen molar-refractivity contribution in [3.63, 3.8) is 0 Å². The van der Waals surface area contributed by atoms with Gasteiger partial charge in [0.05, 0.1) is 12.1 Å². The normalized spacial score (nSPS) is 18.1. The number of carbonyl (C=O) groups excluding carboxylic acids is 1. The van der Waals surface area contributed by atoms with Crippen LogP contribution in [0.3, 0.4) is 0 Å². The third-order valence-corrected chi connectivity index (χ3v) is 8.94. The molecule has 1 unspecified atom stereocenters. The number of nitrogens with zero attached hydrogens (tertiary/aromatic N) is 2. The Bertz CT molecular complexity index is 1540. The molecule has 6 rings (SSSR count). The summed E-state index contributed by atoms with van der Waals surface area (Å²) in [6.07, 6.45) is 2.89. The first-order chi connectivity index (χ1) is 18.1. The first-order valence-corrected chi connectivity index (χ1v) is 13.9. The third-order valence-electron chi connectivity index (χ3n) is 6.72. The number of rotatable bonds is 7. The molecule has 1 aliphatic rings. The Balaban J connectivity index is 1.23. The number of benzene rings is 3. The van der Waals surface area contributed by atoms with Crippen LogP contribution in [-0.2, 0) is 4.79 Å². The van der Waals surface area contributed by atoms with E-state index in [0.717, 1.165) is 33.3 Å². The number of aliphatic hydroxyl groups is 1. The molecule has 1 aliphatic heterocycles. The van der Waals surface area contributed by atoms with E-state index in [1.807, 2.05) is 78.3 Å². The second kappa shape index (κ2) is 10.0. The Hall–Kier alpha value is -3.65. The number of hydrogen-bond donors (Lipinski definition) is 2. The summed E-state index contributed by atoms with van der Waals surface area (Å²) in [5.41, 5.74) is 4.66. The minimum absolute atomic E-state index is 0.0117. The van der Waals surface area contributed by atoms with E-state index in [4.69, 9.17) is 0 Å². The Morgan fingerprint density at radius 3 is 2.54 bits per heavy atom. The number of anilines is 1. The summed E-state index contributed by atoms with van der Waals surface area (Å²) in [6, 6.07) is 26.7. The SMILES string of the molecule is O=C1[C@H](SCC(O)c2ccc3sccc3c2)[C@@H](c2ccc(O)cc2)N1c1ccc(-c2cccnc2)cc1. The largest absolute Gasteiger partial charge is 0.508 e. The summed E-state index contributed by atoms with van der Waals surface area (Å²) < 4.78 is 1.19. The number of aliphatic hydroxyl groups excluding tert-OH is 1. The van der Waals surface area contributed by atoms with Gasteiger partial charge in [0, 0.05) is 28.5 Å². The summed E-state index contributed by atoms with van der Waals surface area (Å²) >= 11 is 3.16. The highest BCUT2D eigenvalue weighted by Gasteiger charge is 2.49. The van der Waals surface area contributed by atoms with E-state index in [9.17, 15) is 15.0 Å². The summed E-state index contributed by atoms with van der Waals surface area (Å²) in [5.74, 6) is 0.608. The number of β-lactam (4-membered cyclic amide) rings is 1. The molecule has 2 N–H and O–H groups in total. The van der Waals surface area contributed by atoms with Gasteiger partial charge in [-0.25, -0.2) is 0 Å². The number of aromatic nitrogens is 1. The molecular formula is C30H24N2O3S2. The summed E-state index contributed by atoms with van der Waals surface area (Å²) in [7, 11) is 0. The zero-order chi connectivity index (χ0) is 25.4. The van der Waals surface area contributed by atoms with Crippen LogP contribution in [0.4, 0.5) is 5.69 Å². The smallest absolute Gasteiger partial charge is 0.243 e. The molecule has 2 aromatic heterocycles. The highest BCUT2D eigenvalue weighted by Crippen LogP contribution is 2.46. The van der Waals surface area contributed by atoms with Crippen LogP contribution in [0.25, 0.3) is 21.2 Å². The first kappa shape index (κ1) is 23.7. The van der Waals surface area contributed by atoms with Crippen LogP contribution in [0.1, 0.15) is 23.3 Å². The van der Waals surface area contributed by atoms with Gasteiger partial charge in [0.2, 0.25) is 5.91 Å². The number of thioether (sulfide) groups is 1.